The highest BCUT2D eigenvalue weighted by molar-refractivity contribution is 6.30. The largest absolute Gasteiger partial charge is 0.507 e. The molecule has 1 heterocycles. The first-order chi connectivity index (χ1) is 9.10. The highest BCUT2D eigenvalue weighted by Gasteiger charge is 2.12. The van der Waals surface area contributed by atoms with Crippen molar-refractivity contribution in [2.45, 2.75) is 0 Å². The molecule has 0 aliphatic carbocycles. The van der Waals surface area contributed by atoms with Crippen LogP contribution in [0.1, 0.15) is 10.4 Å². The molecule has 19 heavy (non-hydrogen) atoms. The quantitative estimate of drug-likeness (QED) is 0.905. The molecule has 1 amide bonds. The Bertz CT molecular complexity index is 617. The molecule has 0 spiro atoms. The Labute approximate surface area is 114 Å². The molecule has 0 radical (unpaired) electrons. The number of anilines is 1. The maximum Gasteiger partial charge on any atom is 0.260 e. The van der Waals surface area contributed by atoms with E-state index in [1.165, 1.54) is 31.5 Å². The van der Waals surface area contributed by atoms with E-state index in [0.29, 0.717) is 16.6 Å². The minimum Gasteiger partial charge on any atom is -0.507 e. The zero-order valence-electron chi connectivity index (χ0n) is 10.1. The molecule has 2 rings (SSSR count). The lowest BCUT2D eigenvalue weighted by Crippen LogP contribution is -2.13. The number of methoxy groups -OCH3 is 1. The first kappa shape index (κ1) is 13.2. The topological polar surface area (TPSA) is 71.5 Å². The van der Waals surface area contributed by atoms with Crippen molar-refractivity contribution in [1.29, 1.82) is 0 Å². The maximum atomic E-state index is 12.0. The molecule has 2 N–H and O–H groups in total. The summed E-state index contributed by atoms with van der Waals surface area (Å²) in [5.74, 6) is 0.136. The number of nitrogens with zero attached hydrogens (tertiary/aromatic N) is 1. The van der Waals surface area contributed by atoms with Crippen LogP contribution in [0.15, 0.2) is 36.5 Å². The summed E-state index contributed by atoms with van der Waals surface area (Å²) in [5, 5.41) is 12.7. The summed E-state index contributed by atoms with van der Waals surface area (Å²) in [6.45, 7) is 0. The summed E-state index contributed by atoms with van der Waals surface area (Å²) in [6.07, 6.45) is 1.48. The zero-order valence-corrected chi connectivity index (χ0v) is 10.8. The summed E-state index contributed by atoms with van der Waals surface area (Å²) < 4.78 is 4.94. The molecule has 1 aromatic carbocycles. The third kappa shape index (κ3) is 3.14. The van der Waals surface area contributed by atoms with Gasteiger partial charge in [0, 0.05) is 17.3 Å². The van der Waals surface area contributed by atoms with Crippen molar-refractivity contribution < 1.29 is 14.6 Å². The first-order valence-corrected chi connectivity index (χ1v) is 5.78. The minimum atomic E-state index is -0.477. The number of carbonyl (C=O) groups is 1. The Balaban J connectivity index is 2.20. The normalized spacial score (nSPS) is 10.0. The van der Waals surface area contributed by atoms with Gasteiger partial charge in [-0.15, -0.1) is 0 Å². The van der Waals surface area contributed by atoms with E-state index in [-0.39, 0.29) is 11.3 Å². The van der Waals surface area contributed by atoms with E-state index in [1.807, 2.05) is 0 Å². The Hall–Kier alpha value is -2.27. The lowest BCUT2D eigenvalue weighted by molar-refractivity contribution is 0.102. The van der Waals surface area contributed by atoms with E-state index in [0.717, 1.165) is 0 Å². The molecule has 0 saturated carbocycles. The van der Waals surface area contributed by atoms with Crippen molar-refractivity contribution in [3.05, 3.63) is 47.1 Å². The Morgan fingerprint density at radius 3 is 2.79 bits per heavy atom. The number of benzene rings is 1. The van der Waals surface area contributed by atoms with Crippen LogP contribution >= 0.6 is 11.6 Å². The SMILES string of the molecule is COc1ccc(C(=O)Nc2cc(Cl)ccn2)c(O)c1. The summed E-state index contributed by atoms with van der Waals surface area (Å²) in [7, 11) is 1.48. The van der Waals surface area contributed by atoms with Crippen LogP contribution in [0.5, 0.6) is 11.5 Å². The molecule has 0 atom stereocenters. The fraction of sp³-hybridized carbons (Fsp3) is 0.0769. The fourth-order valence-electron chi connectivity index (χ4n) is 1.49. The van der Waals surface area contributed by atoms with E-state index >= 15 is 0 Å². The van der Waals surface area contributed by atoms with Crippen molar-refractivity contribution in [3.8, 4) is 11.5 Å². The molecule has 1 aromatic heterocycles. The number of halogens is 1. The van der Waals surface area contributed by atoms with Crippen molar-refractivity contribution in [1.82, 2.24) is 4.98 Å². The van der Waals surface area contributed by atoms with Gasteiger partial charge >= 0.3 is 0 Å². The van der Waals surface area contributed by atoms with Crippen molar-refractivity contribution in [2.75, 3.05) is 12.4 Å². The van der Waals surface area contributed by atoms with Gasteiger partial charge in [-0.1, -0.05) is 11.6 Å². The van der Waals surface area contributed by atoms with Crippen molar-refractivity contribution >= 4 is 23.3 Å². The number of phenolic OH excluding ortho intramolecular Hbond substituents is 1. The van der Waals surface area contributed by atoms with Gasteiger partial charge in [0.1, 0.15) is 17.3 Å². The number of aromatic hydroxyl groups is 1. The van der Waals surface area contributed by atoms with Gasteiger partial charge in [0.15, 0.2) is 0 Å². The molecular weight excluding hydrogens is 268 g/mol. The van der Waals surface area contributed by atoms with E-state index in [1.54, 1.807) is 12.1 Å². The molecule has 6 heteroatoms. The van der Waals surface area contributed by atoms with E-state index in [4.69, 9.17) is 16.3 Å². The van der Waals surface area contributed by atoms with Gasteiger partial charge in [0.2, 0.25) is 0 Å². The average Bonchev–Trinajstić information content (AvgIpc) is 2.38. The van der Waals surface area contributed by atoms with Gasteiger partial charge in [-0.05, 0) is 24.3 Å². The smallest absolute Gasteiger partial charge is 0.260 e. The van der Waals surface area contributed by atoms with Crippen LogP contribution in [0.2, 0.25) is 5.02 Å². The summed E-state index contributed by atoms with van der Waals surface area (Å²) in [4.78, 5) is 15.9. The number of aromatic nitrogens is 1. The third-order valence-corrected chi connectivity index (χ3v) is 2.65. The van der Waals surface area contributed by atoms with Gasteiger partial charge in [-0.3, -0.25) is 4.79 Å². The van der Waals surface area contributed by atoms with Gasteiger partial charge in [-0.2, -0.15) is 0 Å². The van der Waals surface area contributed by atoms with Crippen LogP contribution in [-0.2, 0) is 0 Å². The Morgan fingerprint density at radius 1 is 1.37 bits per heavy atom. The lowest BCUT2D eigenvalue weighted by Gasteiger charge is -2.07. The number of phenols is 1. The third-order valence-electron chi connectivity index (χ3n) is 2.41. The highest BCUT2D eigenvalue weighted by Crippen LogP contribution is 2.24. The molecule has 2 aromatic rings. The minimum absolute atomic E-state index is 0.127. The summed E-state index contributed by atoms with van der Waals surface area (Å²) in [6, 6.07) is 7.52. The summed E-state index contributed by atoms with van der Waals surface area (Å²) in [5.41, 5.74) is 0.127. The number of rotatable bonds is 3. The molecule has 0 aliphatic rings. The number of ether oxygens (including phenoxy) is 1. The lowest BCUT2D eigenvalue weighted by atomic mass is 10.2. The fourth-order valence-corrected chi connectivity index (χ4v) is 1.65. The number of nitrogens with one attached hydrogen (secondary N) is 1. The van der Waals surface area contributed by atoms with Crippen LogP contribution in [0.3, 0.4) is 0 Å². The number of hydrogen-bond donors (Lipinski definition) is 2. The number of carbonyl (C=O) groups excluding carboxylic acids is 1. The molecule has 0 bridgehead atoms. The standard InChI is InChI=1S/C13H11ClN2O3/c1-19-9-2-3-10(11(17)7-9)13(18)16-12-6-8(14)4-5-15-12/h2-7,17H,1H3,(H,15,16,18). The molecule has 98 valence electrons. The Kier molecular flexibility index (Phi) is 3.87. The highest BCUT2D eigenvalue weighted by atomic mass is 35.5. The zero-order chi connectivity index (χ0) is 13.8. The van der Waals surface area contributed by atoms with Gasteiger partial charge in [-0.25, -0.2) is 4.98 Å². The molecule has 0 fully saturated rings. The number of hydrogen-bond acceptors (Lipinski definition) is 4. The Morgan fingerprint density at radius 2 is 2.16 bits per heavy atom. The molecule has 5 nitrogen and oxygen atoms in total. The van der Waals surface area contributed by atoms with Crippen LogP contribution in [-0.4, -0.2) is 23.1 Å². The van der Waals surface area contributed by atoms with Crippen LogP contribution < -0.4 is 10.1 Å². The second-order valence-corrected chi connectivity index (χ2v) is 4.13. The number of pyridine rings is 1. The number of amides is 1. The van der Waals surface area contributed by atoms with Gasteiger partial charge < -0.3 is 15.2 Å². The van der Waals surface area contributed by atoms with Crippen LogP contribution in [0.4, 0.5) is 5.82 Å². The second-order valence-electron chi connectivity index (χ2n) is 3.70. The maximum absolute atomic E-state index is 12.0. The summed E-state index contributed by atoms with van der Waals surface area (Å²) >= 11 is 5.79. The van der Waals surface area contributed by atoms with E-state index in [2.05, 4.69) is 10.3 Å². The monoisotopic (exact) mass is 278 g/mol. The molecule has 0 saturated heterocycles. The van der Waals surface area contributed by atoms with E-state index < -0.39 is 5.91 Å². The van der Waals surface area contributed by atoms with E-state index in [9.17, 15) is 9.90 Å². The van der Waals surface area contributed by atoms with Crippen LogP contribution in [0, 0.1) is 0 Å². The predicted octanol–water partition coefficient (Wildman–Crippen LogP) is 2.70. The first-order valence-electron chi connectivity index (χ1n) is 5.40. The van der Waals surface area contributed by atoms with Crippen LogP contribution in [0.25, 0.3) is 0 Å². The van der Waals surface area contributed by atoms with Crippen molar-refractivity contribution in [2.24, 2.45) is 0 Å². The molecular formula is C13H11ClN2O3. The second kappa shape index (κ2) is 5.58. The van der Waals surface area contributed by atoms with Gasteiger partial charge in [0.05, 0.1) is 12.7 Å². The molecule has 0 aliphatic heterocycles. The molecule has 0 unspecified atom stereocenters. The van der Waals surface area contributed by atoms with Gasteiger partial charge in [0.25, 0.3) is 5.91 Å². The average molecular weight is 279 g/mol. The van der Waals surface area contributed by atoms with Crippen molar-refractivity contribution in [3.63, 3.8) is 0 Å². The predicted molar refractivity (Wildman–Crippen MR) is 71.9 cm³/mol.